The van der Waals surface area contributed by atoms with Crippen LogP contribution in [-0.2, 0) is 19.1 Å². The van der Waals surface area contributed by atoms with E-state index >= 15 is 0 Å². The topological polar surface area (TPSA) is 60.4 Å². The largest absolute Gasteiger partial charge is 0.469 e. The standard InChI is InChI=1S/C25H38O4/c1-15(5-10-22(28)29-4)19-8-9-20-18-7-6-16-13-17(26)11-12-24(16,2)23(18)21(27)14-25(19,20)3/h15-16,18-20,23H,5-14H2,1-4H3/t15-,16?,18+,19-,20+,23-,24+,25-/m1/s1. The Bertz CT molecular complexity index is 699. The van der Waals surface area contributed by atoms with Crippen LogP contribution in [0, 0.1) is 46.3 Å². The lowest BCUT2D eigenvalue weighted by Gasteiger charge is -2.59. The molecule has 162 valence electrons. The van der Waals surface area contributed by atoms with Crippen LogP contribution in [0.3, 0.4) is 0 Å². The molecule has 4 heteroatoms. The van der Waals surface area contributed by atoms with Gasteiger partial charge in [-0.1, -0.05) is 20.8 Å². The Balaban J connectivity index is 1.55. The van der Waals surface area contributed by atoms with Crippen LogP contribution in [0.2, 0.25) is 0 Å². The molecule has 0 N–H and O–H groups in total. The zero-order valence-electron chi connectivity index (χ0n) is 18.7. The minimum absolute atomic E-state index is 0.0316. The summed E-state index contributed by atoms with van der Waals surface area (Å²) in [6, 6.07) is 0. The summed E-state index contributed by atoms with van der Waals surface area (Å²) in [5.41, 5.74) is 0.102. The van der Waals surface area contributed by atoms with Crippen LogP contribution in [0.25, 0.3) is 0 Å². The van der Waals surface area contributed by atoms with Gasteiger partial charge in [0.2, 0.25) is 0 Å². The van der Waals surface area contributed by atoms with E-state index in [0.717, 1.165) is 25.7 Å². The Labute approximate surface area is 175 Å². The van der Waals surface area contributed by atoms with Gasteiger partial charge in [-0.05, 0) is 78.9 Å². The van der Waals surface area contributed by atoms with Crippen molar-refractivity contribution >= 4 is 17.5 Å². The predicted molar refractivity (Wildman–Crippen MR) is 111 cm³/mol. The van der Waals surface area contributed by atoms with Crippen molar-refractivity contribution in [3.8, 4) is 0 Å². The van der Waals surface area contributed by atoms with E-state index in [1.165, 1.54) is 20.0 Å². The summed E-state index contributed by atoms with van der Waals surface area (Å²) in [4.78, 5) is 37.3. The Morgan fingerprint density at radius 1 is 1.14 bits per heavy atom. The highest BCUT2D eigenvalue weighted by molar-refractivity contribution is 5.85. The number of fused-ring (bicyclic) bond motifs is 5. The van der Waals surface area contributed by atoms with E-state index in [1.807, 2.05) is 0 Å². The molecule has 0 aromatic heterocycles. The SMILES string of the molecule is COC(=O)CC[C@@H](C)[C@H]1CC[C@H]2[C@@H]3CCC4CC(=O)CC[C@]4(C)[C@H]3C(=O)C[C@]12C. The molecule has 4 nitrogen and oxygen atoms in total. The Morgan fingerprint density at radius 2 is 1.90 bits per heavy atom. The Morgan fingerprint density at radius 3 is 2.62 bits per heavy atom. The van der Waals surface area contributed by atoms with E-state index in [0.29, 0.717) is 66.8 Å². The summed E-state index contributed by atoms with van der Waals surface area (Å²) in [7, 11) is 1.45. The van der Waals surface area contributed by atoms with Crippen LogP contribution >= 0.6 is 0 Å². The van der Waals surface area contributed by atoms with Gasteiger partial charge in [-0.3, -0.25) is 14.4 Å². The van der Waals surface area contributed by atoms with Crippen molar-refractivity contribution in [3.63, 3.8) is 0 Å². The number of ether oxygens (including phenoxy) is 1. The van der Waals surface area contributed by atoms with Gasteiger partial charge in [0.25, 0.3) is 0 Å². The van der Waals surface area contributed by atoms with Crippen molar-refractivity contribution < 1.29 is 19.1 Å². The molecule has 0 radical (unpaired) electrons. The molecular weight excluding hydrogens is 364 g/mol. The molecule has 29 heavy (non-hydrogen) atoms. The van der Waals surface area contributed by atoms with Crippen LogP contribution in [0.4, 0.5) is 0 Å². The highest BCUT2D eigenvalue weighted by Crippen LogP contribution is 2.67. The summed E-state index contributed by atoms with van der Waals surface area (Å²) in [6.07, 6.45) is 8.93. The third kappa shape index (κ3) is 3.29. The second kappa shape index (κ2) is 7.50. The van der Waals surface area contributed by atoms with E-state index < -0.39 is 0 Å². The van der Waals surface area contributed by atoms with Gasteiger partial charge in [-0.25, -0.2) is 0 Å². The van der Waals surface area contributed by atoms with Crippen LogP contribution in [0.1, 0.15) is 85.0 Å². The lowest BCUT2D eigenvalue weighted by molar-refractivity contribution is -0.161. The smallest absolute Gasteiger partial charge is 0.305 e. The van der Waals surface area contributed by atoms with Gasteiger partial charge < -0.3 is 4.74 Å². The van der Waals surface area contributed by atoms with E-state index in [9.17, 15) is 14.4 Å². The van der Waals surface area contributed by atoms with Gasteiger partial charge in [-0.15, -0.1) is 0 Å². The van der Waals surface area contributed by atoms with Crippen molar-refractivity contribution in [2.75, 3.05) is 7.11 Å². The van der Waals surface area contributed by atoms with E-state index in [1.54, 1.807) is 0 Å². The molecule has 4 rings (SSSR count). The molecule has 0 bridgehead atoms. The average Bonchev–Trinajstić information content (AvgIpc) is 3.02. The highest BCUT2D eigenvalue weighted by atomic mass is 16.5. The average molecular weight is 403 g/mol. The van der Waals surface area contributed by atoms with Gasteiger partial charge in [0.15, 0.2) is 0 Å². The molecule has 4 aliphatic carbocycles. The zero-order valence-corrected chi connectivity index (χ0v) is 18.7. The first kappa shape index (κ1) is 21.1. The number of hydrogen-bond donors (Lipinski definition) is 0. The number of ketones is 2. The van der Waals surface area contributed by atoms with Gasteiger partial charge >= 0.3 is 5.97 Å². The number of Topliss-reactive ketones (excluding diaryl/α,β-unsaturated/α-hetero) is 2. The lowest BCUT2D eigenvalue weighted by atomic mass is 9.44. The molecule has 4 fully saturated rings. The highest BCUT2D eigenvalue weighted by Gasteiger charge is 2.63. The molecule has 8 atom stereocenters. The van der Waals surface area contributed by atoms with Gasteiger partial charge in [0.1, 0.15) is 11.6 Å². The Kier molecular flexibility index (Phi) is 5.44. The first-order valence-corrected chi connectivity index (χ1v) is 11.8. The third-order valence-corrected chi connectivity index (χ3v) is 9.96. The van der Waals surface area contributed by atoms with E-state index in [-0.39, 0.29) is 22.7 Å². The summed E-state index contributed by atoms with van der Waals surface area (Å²) in [5, 5.41) is 0. The van der Waals surface area contributed by atoms with Crippen molar-refractivity contribution in [1.82, 2.24) is 0 Å². The monoisotopic (exact) mass is 402 g/mol. The summed E-state index contributed by atoms with van der Waals surface area (Å²) in [6.45, 7) is 6.96. The first-order valence-electron chi connectivity index (χ1n) is 11.8. The second-order valence-electron chi connectivity index (χ2n) is 11.2. The number of methoxy groups -OCH3 is 1. The number of esters is 1. The van der Waals surface area contributed by atoms with Gasteiger partial charge in [-0.2, -0.15) is 0 Å². The number of hydrogen-bond acceptors (Lipinski definition) is 4. The third-order valence-electron chi connectivity index (χ3n) is 9.96. The minimum Gasteiger partial charge on any atom is -0.469 e. The molecule has 4 saturated carbocycles. The normalized spacial score (nSPS) is 45.2. The molecule has 0 spiro atoms. The van der Waals surface area contributed by atoms with Crippen LogP contribution in [0.15, 0.2) is 0 Å². The number of carbonyl (C=O) groups is 3. The molecule has 0 aromatic carbocycles. The molecule has 0 heterocycles. The van der Waals surface area contributed by atoms with Gasteiger partial charge in [0, 0.05) is 31.6 Å². The minimum atomic E-state index is -0.130. The maximum absolute atomic E-state index is 13.6. The van der Waals surface area contributed by atoms with Gasteiger partial charge in [0.05, 0.1) is 7.11 Å². The fourth-order valence-corrected chi connectivity index (χ4v) is 8.48. The quantitative estimate of drug-likeness (QED) is 0.622. The van der Waals surface area contributed by atoms with E-state index in [4.69, 9.17) is 4.74 Å². The summed E-state index contributed by atoms with van der Waals surface area (Å²) in [5.74, 6) is 3.38. The molecule has 0 amide bonds. The molecule has 4 aliphatic rings. The fraction of sp³-hybridized carbons (Fsp3) is 0.880. The fourth-order valence-electron chi connectivity index (χ4n) is 8.48. The van der Waals surface area contributed by atoms with Crippen molar-refractivity contribution in [2.45, 2.75) is 85.0 Å². The molecule has 1 unspecified atom stereocenters. The Hall–Kier alpha value is -1.19. The molecule has 0 saturated heterocycles. The summed E-state index contributed by atoms with van der Waals surface area (Å²) >= 11 is 0. The summed E-state index contributed by atoms with van der Waals surface area (Å²) < 4.78 is 4.83. The van der Waals surface area contributed by atoms with Crippen LogP contribution < -0.4 is 0 Å². The molecule has 0 aliphatic heterocycles. The number of carbonyl (C=O) groups excluding carboxylic acids is 3. The lowest BCUT2D eigenvalue weighted by Crippen LogP contribution is -2.57. The second-order valence-corrected chi connectivity index (χ2v) is 11.2. The maximum atomic E-state index is 13.6. The first-order chi connectivity index (χ1) is 13.7. The van der Waals surface area contributed by atoms with Crippen molar-refractivity contribution in [2.24, 2.45) is 46.3 Å². The zero-order chi connectivity index (χ0) is 21.0. The van der Waals surface area contributed by atoms with Crippen LogP contribution in [-0.4, -0.2) is 24.6 Å². The number of rotatable bonds is 4. The van der Waals surface area contributed by atoms with Crippen molar-refractivity contribution in [3.05, 3.63) is 0 Å². The van der Waals surface area contributed by atoms with E-state index in [2.05, 4.69) is 20.8 Å². The van der Waals surface area contributed by atoms with Crippen molar-refractivity contribution in [1.29, 1.82) is 0 Å². The molecular formula is C25H38O4. The predicted octanol–water partition coefficient (Wildman–Crippen LogP) is 4.98. The molecule has 0 aromatic rings. The maximum Gasteiger partial charge on any atom is 0.305 e. The van der Waals surface area contributed by atoms with Crippen LogP contribution in [0.5, 0.6) is 0 Å².